The summed E-state index contributed by atoms with van der Waals surface area (Å²) < 4.78 is 54.7. The number of sulfone groups is 1. The molecule has 11 heteroatoms. The van der Waals surface area contributed by atoms with E-state index in [0.29, 0.717) is 20.9 Å². The average molecular weight is 439 g/mol. The lowest BCUT2D eigenvalue weighted by Gasteiger charge is -2.28. The van der Waals surface area contributed by atoms with Gasteiger partial charge in [0.1, 0.15) is 4.21 Å². The zero-order valence-electron chi connectivity index (χ0n) is 15.0. The van der Waals surface area contributed by atoms with Crippen molar-refractivity contribution in [3.63, 3.8) is 0 Å². The van der Waals surface area contributed by atoms with Crippen LogP contribution in [0.15, 0.2) is 44.4 Å². The summed E-state index contributed by atoms with van der Waals surface area (Å²) in [4.78, 5) is 16.3. The summed E-state index contributed by atoms with van der Waals surface area (Å²) in [6, 6.07) is 7.39. The predicted octanol–water partition coefficient (Wildman–Crippen LogP) is 3.77. The number of amides is 1. The minimum absolute atomic E-state index is 0.00138. The lowest BCUT2D eigenvalue weighted by Crippen LogP contribution is -2.36. The third-order valence-corrected chi connectivity index (χ3v) is 8.44. The molecule has 1 aliphatic rings. The molecule has 1 aliphatic heterocycles. The van der Waals surface area contributed by atoms with Crippen LogP contribution in [0.5, 0.6) is 0 Å². The highest BCUT2D eigenvalue weighted by Gasteiger charge is 2.38. The molecular weight excluding hydrogens is 424 g/mol. The van der Waals surface area contributed by atoms with Crippen LogP contribution in [0.1, 0.15) is 47.6 Å². The number of halogens is 2. The Kier molecular flexibility index (Phi) is 4.95. The number of alkyl halides is 2. The molecule has 7 nitrogen and oxygen atoms in total. The molecule has 1 amide bonds. The Hall–Kier alpha value is -2.66. The summed E-state index contributed by atoms with van der Waals surface area (Å²) in [5.41, 5.74) is 1.36. The maximum Gasteiger partial charge on any atom is 0.315 e. The summed E-state index contributed by atoms with van der Waals surface area (Å²) in [7, 11) is -3.36. The van der Waals surface area contributed by atoms with Gasteiger partial charge in [-0.25, -0.2) is 8.42 Å². The molecule has 1 aromatic carbocycles. The summed E-state index contributed by atoms with van der Waals surface area (Å²) in [6.07, 6.45) is -2.57. The molecule has 4 rings (SSSR count). The van der Waals surface area contributed by atoms with Crippen LogP contribution in [0.4, 0.5) is 8.78 Å². The van der Waals surface area contributed by atoms with Crippen LogP contribution in [0.25, 0.3) is 11.4 Å². The Morgan fingerprint density at radius 2 is 2.00 bits per heavy atom. The van der Waals surface area contributed by atoms with Gasteiger partial charge in [-0.1, -0.05) is 17.3 Å². The SMILES string of the molecule is C[C@H]1C[C@H](NC(=O)c2ccc(-c3noc(C(F)F)n3)cc2)c2ccsc2S1(=O)=O. The number of thiophene rings is 1. The van der Waals surface area contributed by atoms with Gasteiger partial charge in [0.25, 0.3) is 11.8 Å². The van der Waals surface area contributed by atoms with E-state index in [4.69, 9.17) is 0 Å². The minimum Gasteiger partial charge on any atom is -0.345 e. The maximum absolute atomic E-state index is 12.6. The first-order chi connectivity index (χ1) is 13.8. The highest BCUT2D eigenvalue weighted by molar-refractivity contribution is 7.94. The number of fused-ring (bicyclic) bond motifs is 1. The van der Waals surface area contributed by atoms with E-state index in [2.05, 4.69) is 20.0 Å². The normalized spacial score (nSPS) is 20.4. The molecule has 0 fully saturated rings. The van der Waals surface area contributed by atoms with E-state index in [1.165, 1.54) is 24.3 Å². The fourth-order valence-corrected chi connectivity index (χ4v) is 6.38. The number of rotatable bonds is 4. The van der Waals surface area contributed by atoms with Crippen LogP contribution < -0.4 is 5.32 Å². The summed E-state index contributed by atoms with van der Waals surface area (Å²) in [5, 5.41) is 7.48. The smallest absolute Gasteiger partial charge is 0.315 e. The van der Waals surface area contributed by atoms with Crippen molar-refractivity contribution in [2.75, 3.05) is 0 Å². The number of benzene rings is 1. The van der Waals surface area contributed by atoms with E-state index in [1.807, 2.05) is 0 Å². The van der Waals surface area contributed by atoms with Crippen molar-refractivity contribution in [2.24, 2.45) is 0 Å². The summed E-state index contributed by atoms with van der Waals surface area (Å²) in [6.45, 7) is 1.63. The molecule has 3 aromatic rings. The van der Waals surface area contributed by atoms with E-state index in [-0.39, 0.29) is 18.2 Å². The topological polar surface area (TPSA) is 102 Å². The van der Waals surface area contributed by atoms with Gasteiger partial charge in [0.15, 0.2) is 9.84 Å². The second kappa shape index (κ2) is 7.30. The van der Waals surface area contributed by atoms with Crippen LogP contribution in [0.2, 0.25) is 0 Å². The molecule has 0 bridgehead atoms. The first-order valence-electron chi connectivity index (χ1n) is 8.61. The van der Waals surface area contributed by atoms with E-state index < -0.39 is 33.4 Å². The second-order valence-electron chi connectivity index (χ2n) is 6.62. The zero-order valence-corrected chi connectivity index (χ0v) is 16.6. The molecule has 152 valence electrons. The minimum atomic E-state index is -3.36. The van der Waals surface area contributed by atoms with Crippen molar-refractivity contribution in [3.8, 4) is 11.4 Å². The van der Waals surface area contributed by atoms with E-state index in [1.54, 1.807) is 18.4 Å². The van der Waals surface area contributed by atoms with Gasteiger partial charge in [-0.05, 0) is 36.9 Å². The number of nitrogens with one attached hydrogen (secondary N) is 1. The van der Waals surface area contributed by atoms with Crippen LogP contribution in [-0.2, 0) is 9.84 Å². The largest absolute Gasteiger partial charge is 0.345 e. The molecule has 1 N–H and O–H groups in total. The number of aromatic nitrogens is 2. The molecule has 2 aromatic heterocycles. The quantitative estimate of drug-likeness (QED) is 0.664. The standard InChI is InChI=1S/C18H15F2N3O4S2/c1-9-8-13(12-6-7-28-18(12)29(9,25)26)21-16(24)11-4-2-10(3-5-11)15-22-17(14(19)20)27-23-15/h2-7,9,13-14H,8H2,1H3,(H,21,24)/t9-,13-/m0/s1. The second-order valence-corrected chi connectivity index (χ2v) is 10.1. The van der Waals surface area contributed by atoms with Crippen molar-refractivity contribution in [3.05, 3.63) is 52.7 Å². The fraction of sp³-hybridized carbons (Fsp3) is 0.278. The van der Waals surface area contributed by atoms with Crippen LogP contribution >= 0.6 is 11.3 Å². The maximum atomic E-state index is 12.6. The molecule has 0 unspecified atom stereocenters. The lowest BCUT2D eigenvalue weighted by molar-refractivity contribution is 0.0933. The van der Waals surface area contributed by atoms with E-state index in [9.17, 15) is 22.0 Å². The Labute approximate surface area is 168 Å². The molecule has 0 aliphatic carbocycles. The fourth-order valence-electron chi connectivity index (χ4n) is 3.15. The first-order valence-corrected chi connectivity index (χ1v) is 11.0. The van der Waals surface area contributed by atoms with E-state index in [0.717, 1.165) is 11.3 Å². The van der Waals surface area contributed by atoms with Gasteiger partial charge >= 0.3 is 6.43 Å². The number of carbonyl (C=O) groups excluding carboxylic acids is 1. The highest BCUT2D eigenvalue weighted by Crippen LogP contribution is 2.39. The molecule has 29 heavy (non-hydrogen) atoms. The third-order valence-electron chi connectivity index (χ3n) is 4.73. The molecular formula is C18H15F2N3O4S2. The van der Waals surface area contributed by atoms with Crippen molar-refractivity contribution >= 4 is 27.1 Å². The van der Waals surface area contributed by atoms with Crippen LogP contribution in [0.3, 0.4) is 0 Å². The van der Waals surface area contributed by atoms with Gasteiger partial charge in [-0.15, -0.1) is 11.3 Å². The van der Waals surface area contributed by atoms with Crippen LogP contribution in [-0.4, -0.2) is 29.7 Å². The van der Waals surface area contributed by atoms with Gasteiger partial charge < -0.3 is 9.84 Å². The first kappa shape index (κ1) is 19.6. The molecule has 2 atom stereocenters. The van der Waals surface area contributed by atoms with Gasteiger partial charge in [0.05, 0.1) is 11.3 Å². The Balaban J connectivity index is 1.52. The molecule has 3 heterocycles. The average Bonchev–Trinajstić information content (AvgIpc) is 3.36. The number of hydrogen-bond donors (Lipinski definition) is 1. The van der Waals surface area contributed by atoms with Gasteiger partial charge in [-0.3, -0.25) is 4.79 Å². The summed E-state index contributed by atoms with van der Waals surface area (Å²) >= 11 is 1.15. The molecule has 0 saturated carbocycles. The Bertz CT molecular complexity index is 1160. The third kappa shape index (κ3) is 3.55. The summed E-state index contributed by atoms with van der Waals surface area (Å²) in [5.74, 6) is -1.14. The van der Waals surface area contributed by atoms with Crippen molar-refractivity contribution in [1.29, 1.82) is 0 Å². The molecule has 0 spiro atoms. The lowest BCUT2D eigenvalue weighted by atomic mass is 10.0. The Morgan fingerprint density at radius 3 is 2.66 bits per heavy atom. The zero-order chi connectivity index (χ0) is 20.8. The molecule has 0 saturated heterocycles. The number of nitrogens with zero attached hydrogens (tertiary/aromatic N) is 2. The van der Waals surface area contributed by atoms with Crippen LogP contribution in [0, 0.1) is 0 Å². The van der Waals surface area contributed by atoms with Crippen molar-refractivity contribution < 1.29 is 26.5 Å². The van der Waals surface area contributed by atoms with Gasteiger partial charge in [-0.2, -0.15) is 13.8 Å². The van der Waals surface area contributed by atoms with Crippen molar-refractivity contribution in [2.45, 2.75) is 35.3 Å². The Morgan fingerprint density at radius 1 is 1.28 bits per heavy atom. The molecule has 0 radical (unpaired) electrons. The van der Waals surface area contributed by atoms with Gasteiger partial charge in [0, 0.05) is 16.7 Å². The number of hydrogen-bond acceptors (Lipinski definition) is 7. The monoisotopic (exact) mass is 439 g/mol. The predicted molar refractivity (Wildman–Crippen MR) is 100 cm³/mol. The van der Waals surface area contributed by atoms with Gasteiger partial charge in [0.2, 0.25) is 5.82 Å². The number of carbonyl (C=O) groups is 1. The van der Waals surface area contributed by atoms with Crippen molar-refractivity contribution in [1.82, 2.24) is 15.5 Å². The highest BCUT2D eigenvalue weighted by atomic mass is 32.2. The van der Waals surface area contributed by atoms with E-state index >= 15 is 0 Å².